The van der Waals surface area contributed by atoms with Gasteiger partial charge in [-0.05, 0) is 23.8 Å². The Balaban J connectivity index is 2.13. The Labute approximate surface area is 121 Å². The van der Waals surface area contributed by atoms with Gasteiger partial charge in [-0.15, -0.1) is 0 Å². The lowest BCUT2D eigenvalue weighted by Gasteiger charge is -2.16. The fourth-order valence-corrected chi connectivity index (χ4v) is 2.05. The molecule has 0 spiro atoms. The molecule has 0 aliphatic rings. The molecule has 0 heterocycles. The third kappa shape index (κ3) is 4.16. The van der Waals surface area contributed by atoms with Crippen LogP contribution in [0.4, 0.5) is 8.78 Å². The lowest BCUT2D eigenvalue weighted by Crippen LogP contribution is -2.08. The zero-order valence-corrected chi connectivity index (χ0v) is 11.5. The normalized spacial score (nSPS) is 12.2. The Bertz CT molecular complexity index is 570. The van der Waals surface area contributed by atoms with E-state index >= 15 is 0 Å². The predicted molar refractivity (Wildman–Crippen MR) is 74.7 cm³/mol. The molecule has 3 nitrogen and oxygen atoms in total. The summed E-state index contributed by atoms with van der Waals surface area (Å²) in [5.41, 5.74) is 1.21. The van der Waals surface area contributed by atoms with Crippen molar-refractivity contribution in [1.29, 1.82) is 0 Å². The van der Waals surface area contributed by atoms with Gasteiger partial charge in [0.15, 0.2) is 0 Å². The molecule has 21 heavy (non-hydrogen) atoms. The van der Waals surface area contributed by atoms with Crippen LogP contribution in [-0.4, -0.2) is 18.8 Å². The number of aliphatic hydroxyl groups excluding tert-OH is 1. The molecule has 1 unspecified atom stereocenters. The largest absolute Gasteiger partial charge is 0.497 e. The number of ether oxygens (including phenoxy) is 2. The van der Waals surface area contributed by atoms with E-state index in [1.165, 1.54) is 6.07 Å². The first kappa shape index (κ1) is 15.3. The maximum Gasteiger partial charge on any atom is 0.387 e. The lowest BCUT2D eigenvalue weighted by molar-refractivity contribution is -0.0515. The van der Waals surface area contributed by atoms with Crippen LogP contribution in [0.5, 0.6) is 11.5 Å². The Morgan fingerprint density at radius 3 is 2.33 bits per heavy atom. The molecule has 0 amide bonds. The van der Waals surface area contributed by atoms with Crippen molar-refractivity contribution in [2.24, 2.45) is 0 Å². The van der Waals surface area contributed by atoms with Crippen LogP contribution < -0.4 is 9.47 Å². The van der Waals surface area contributed by atoms with Crippen molar-refractivity contribution in [2.45, 2.75) is 19.1 Å². The summed E-state index contributed by atoms with van der Waals surface area (Å²) in [6.07, 6.45) is -0.624. The molecule has 1 N–H and O–H groups in total. The number of halogens is 2. The van der Waals surface area contributed by atoms with Gasteiger partial charge in [-0.25, -0.2) is 0 Å². The van der Waals surface area contributed by atoms with Gasteiger partial charge in [-0.3, -0.25) is 0 Å². The van der Waals surface area contributed by atoms with Crippen LogP contribution in [0, 0.1) is 0 Å². The quantitative estimate of drug-likeness (QED) is 0.885. The van der Waals surface area contributed by atoms with Crippen LogP contribution in [0.15, 0.2) is 48.5 Å². The highest BCUT2D eigenvalue weighted by Crippen LogP contribution is 2.29. The molecule has 0 saturated heterocycles. The summed E-state index contributed by atoms with van der Waals surface area (Å²) in [6.45, 7) is -2.92. The van der Waals surface area contributed by atoms with E-state index < -0.39 is 12.7 Å². The van der Waals surface area contributed by atoms with Gasteiger partial charge in [0.25, 0.3) is 0 Å². The second-order valence-corrected chi connectivity index (χ2v) is 4.48. The molecule has 0 aliphatic heterocycles. The molecule has 1 atom stereocenters. The molecular formula is C16H16F2O3. The minimum atomic E-state index is -2.92. The van der Waals surface area contributed by atoms with E-state index in [0.29, 0.717) is 12.0 Å². The molecule has 5 heteroatoms. The molecular weight excluding hydrogens is 278 g/mol. The topological polar surface area (TPSA) is 38.7 Å². The minimum Gasteiger partial charge on any atom is -0.497 e. The fourth-order valence-electron chi connectivity index (χ4n) is 2.05. The minimum absolute atomic E-state index is 0.00601. The van der Waals surface area contributed by atoms with E-state index in [0.717, 1.165) is 11.3 Å². The number of aliphatic hydroxyl groups is 1. The van der Waals surface area contributed by atoms with E-state index in [-0.39, 0.29) is 5.75 Å². The number of para-hydroxylation sites is 1. The van der Waals surface area contributed by atoms with Gasteiger partial charge < -0.3 is 14.6 Å². The third-order valence-corrected chi connectivity index (χ3v) is 3.08. The number of methoxy groups -OCH3 is 1. The summed E-state index contributed by atoms with van der Waals surface area (Å²) < 4.78 is 34.2. The predicted octanol–water partition coefficient (Wildman–Crippen LogP) is 3.57. The second-order valence-electron chi connectivity index (χ2n) is 4.48. The average Bonchev–Trinajstić information content (AvgIpc) is 2.48. The van der Waals surface area contributed by atoms with Crippen molar-refractivity contribution in [3.63, 3.8) is 0 Å². The van der Waals surface area contributed by atoms with Gasteiger partial charge in [-0.1, -0.05) is 30.3 Å². The van der Waals surface area contributed by atoms with Crippen LogP contribution in [-0.2, 0) is 6.42 Å². The highest BCUT2D eigenvalue weighted by atomic mass is 19.3. The van der Waals surface area contributed by atoms with E-state index in [1.807, 2.05) is 12.1 Å². The second kappa shape index (κ2) is 7.04. The monoisotopic (exact) mass is 294 g/mol. The Kier molecular flexibility index (Phi) is 5.11. The smallest absolute Gasteiger partial charge is 0.387 e. The lowest BCUT2D eigenvalue weighted by atomic mass is 10.0. The molecule has 0 saturated carbocycles. The van der Waals surface area contributed by atoms with Crippen LogP contribution >= 0.6 is 0 Å². The zero-order valence-electron chi connectivity index (χ0n) is 11.5. The summed E-state index contributed by atoms with van der Waals surface area (Å²) in [6, 6.07) is 13.4. The van der Waals surface area contributed by atoms with E-state index in [4.69, 9.17) is 4.74 Å². The van der Waals surface area contributed by atoms with Crippen LogP contribution in [0.3, 0.4) is 0 Å². The van der Waals surface area contributed by atoms with Crippen molar-refractivity contribution >= 4 is 0 Å². The molecule has 2 aromatic carbocycles. The molecule has 0 fully saturated rings. The van der Waals surface area contributed by atoms with Crippen molar-refractivity contribution in [1.82, 2.24) is 0 Å². The number of benzene rings is 2. The molecule has 0 aromatic heterocycles. The first-order valence-corrected chi connectivity index (χ1v) is 6.45. The van der Waals surface area contributed by atoms with Gasteiger partial charge in [-0.2, -0.15) is 8.78 Å². The molecule has 2 rings (SSSR count). The molecule has 2 aromatic rings. The maximum absolute atomic E-state index is 12.4. The fraction of sp³-hybridized carbons (Fsp3) is 0.250. The maximum atomic E-state index is 12.4. The van der Waals surface area contributed by atoms with Crippen molar-refractivity contribution in [3.05, 3.63) is 59.7 Å². The first-order chi connectivity index (χ1) is 10.1. The molecule has 0 radical (unpaired) electrons. The Morgan fingerprint density at radius 2 is 1.71 bits per heavy atom. The van der Waals surface area contributed by atoms with Crippen molar-refractivity contribution in [3.8, 4) is 11.5 Å². The van der Waals surface area contributed by atoms with E-state index in [9.17, 15) is 13.9 Å². The number of hydrogen-bond donors (Lipinski definition) is 1. The summed E-state index contributed by atoms with van der Waals surface area (Å²) in [5.74, 6) is 0.711. The molecule has 112 valence electrons. The van der Waals surface area contributed by atoms with Crippen LogP contribution in [0.1, 0.15) is 17.2 Å². The van der Waals surface area contributed by atoms with E-state index in [1.54, 1.807) is 37.4 Å². The van der Waals surface area contributed by atoms with E-state index in [2.05, 4.69) is 4.74 Å². The standard InChI is InChI=1S/C16H16F2O3/c1-20-12-8-6-11(7-9-12)10-14(19)13-4-2-3-5-15(13)21-16(17)18/h2-9,14,16,19H,10H2,1H3. The van der Waals surface area contributed by atoms with Crippen molar-refractivity contribution in [2.75, 3.05) is 7.11 Å². The summed E-state index contributed by atoms with van der Waals surface area (Å²) in [7, 11) is 1.57. The Hall–Kier alpha value is -2.14. The van der Waals surface area contributed by atoms with Crippen LogP contribution in [0.25, 0.3) is 0 Å². The van der Waals surface area contributed by atoms with Crippen molar-refractivity contribution < 1.29 is 23.4 Å². The third-order valence-electron chi connectivity index (χ3n) is 3.08. The number of alkyl halides is 2. The van der Waals surface area contributed by atoms with Gasteiger partial charge in [0.2, 0.25) is 0 Å². The highest BCUT2D eigenvalue weighted by molar-refractivity contribution is 5.36. The Morgan fingerprint density at radius 1 is 1.05 bits per heavy atom. The van der Waals surface area contributed by atoms with Gasteiger partial charge in [0.05, 0.1) is 13.2 Å². The molecule has 0 bridgehead atoms. The summed E-state index contributed by atoms with van der Waals surface area (Å²) in [5, 5.41) is 10.2. The SMILES string of the molecule is COc1ccc(CC(O)c2ccccc2OC(F)F)cc1. The molecule has 0 aliphatic carbocycles. The summed E-state index contributed by atoms with van der Waals surface area (Å²) in [4.78, 5) is 0. The van der Waals surface area contributed by atoms with Gasteiger partial charge in [0.1, 0.15) is 11.5 Å². The zero-order chi connectivity index (χ0) is 15.2. The van der Waals surface area contributed by atoms with Gasteiger partial charge >= 0.3 is 6.61 Å². The summed E-state index contributed by atoms with van der Waals surface area (Å²) >= 11 is 0. The first-order valence-electron chi connectivity index (χ1n) is 6.45. The number of rotatable bonds is 6. The average molecular weight is 294 g/mol. The van der Waals surface area contributed by atoms with Crippen LogP contribution in [0.2, 0.25) is 0 Å². The van der Waals surface area contributed by atoms with Gasteiger partial charge in [0, 0.05) is 12.0 Å². The number of hydrogen-bond acceptors (Lipinski definition) is 3. The highest BCUT2D eigenvalue weighted by Gasteiger charge is 2.16.